The number of ether oxygens (including phenoxy) is 1. The van der Waals surface area contributed by atoms with Crippen LogP contribution >= 0.6 is 0 Å². The van der Waals surface area contributed by atoms with Gasteiger partial charge in [-0.05, 0) is 7.05 Å². The molecule has 0 aliphatic rings. The molecule has 12 heavy (non-hydrogen) atoms. The molecule has 0 atom stereocenters. The summed E-state index contributed by atoms with van der Waals surface area (Å²) in [6.07, 6.45) is 2.50. The summed E-state index contributed by atoms with van der Waals surface area (Å²) in [4.78, 5) is 3.93. The van der Waals surface area contributed by atoms with E-state index in [1.807, 2.05) is 7.05 Å². The zero-order chi connectivity index (χ0) is 8.81. The van der Waals surface area contributed by atoms with E-state index >= 15 is 0 Å². The average molecular weight is 168 g/mol. The third kappa shape index (κ3) is 2.43. The molecule has 1 aromatic heterocycles. The first kappa shape index (κ1) is 8.86. The Hall–Kier alpha value is -1.23. The Balaban J connectivity index is 2.53. The van der Waals surface area contributed by atoms with Gasteiger partial charge in [0.1, 0.15) is 0 Å². The predicted octanol–water partition coefficient (Wildman–Crippen LogP) is -0.358. The second kappa shape index (κ2) is 4.61. The zero-order valence-corrected chi connectivity index (χ0v) is 7.24. The number of hydrogen-bond donors (Lipinski definition) is 1. The molecule has 0 saturated carbocycles. The van der Waals surface area contributed by atoms with E-state index in [4.69, 9.17) is 4.74 Å². The SMILES string of the molecule is CNCCc1cnc(OC)nn1. The number of likely N-dealkylation sites (N-methyl/N-ethyl adjacent to an activating group) is 1. The molecule has 5 heteroatoms. The molecule has 0 radical (unpaired) electrons. The van der Waals surface area contributed by atoms with E-state index in [1.54, 1.807) is 6.20 Å². The lowest BCUT2D eigenvalue weighted by molar-refractivity contribution is 0.372. The first-order valence-electron chi connectivity index (χ1n) is 3.74. The molecule has 0 spiro atoms. The maximum absolute atomic E-state index is 4.77. The summed E-state index contributed by atoms with van der Waals surface area (Å²) < 4.78 is 4.77. The van der Waals surface area contributed by atoms with Crippen molar-refractivity contribution in [3.05, 3.63) is 11.9 Å². The number of rotatable bonds is 4. The molecule has 0 aliphatic heterocycles. The molecule has 0 fully saturated rings. The molecule has 0 saturated heterocycles. The van der Waals surface area contributed by atoms with Crippen molar-refractivity contribution in [2.75, 3.05) is 20.7 Å². The lowest BCUT2D eigenvalue weighted by Crippen LogP contribution is -2.12. The van der Waals surface area contributed by atoms with Crippen molar-refractivity contribution in [2.24, 2.45) is 0 Å². The van der Waals surface area contributed by atoms with Gasteiger partial charge < -0.3 is 10.1 Å². The molecule has 1 N–H and O–H groups in total. The largest absolute Gasteiger partial charge is 0.466 e. The molecule has 1 aromatic rings. The second-order valence-electron chi connectivity index (χ2n) is 2.29. The normalized spacial score (nSPS) is 9.83. The van der Waals surface area contributed by atoms with Crippen LogP contribution in [0.1, 0.15) is 5.69 Å². The van der Waals surface area contributed by atoms with Crippen LogP contribution in [0.4, 0.5) is 0 Å². The van der Waals surface area contributed by atoms with E-state index in [-0.39, 0.29) is 0 Å². The first-order valence-corrected chi connectivity index (χ1v) is 3.74. The van der Waals surface area contributed by atoms with Crippen LogP contribution in [0.15, 0.2) is 6.20 Å². The number of nitrogens with zero attached hydrogens (tertiary/aromatic N) is 3. The fourth-order valence-electron chi connectivity index (χ4n) is 0.750. The number of nitrogens with one attached hydrogen (secondary N) is 1. The summed E-state index contributed by atoms with van der Waals surface area (Å²) in [7, 11) is 3.41. The minimum Gasteiger partial charge on any atom is -0.466 e. The van der Waals surface area contributed by atoms with Crippen LogP contribution in [0, 0.1) is 0 Å². The van der Waals surface area contributed by atoms with Gasteiger partial charge in [0.15, 0.2) is 0 Å². The van der Waals surface area contributed by atoms with Crippen LogP contribution < -0.4 is 10.1 Å². The van der Waals surface area contributed by atoms with E-state index in [9.17, 15) is 0 Å². The molecule has 0 aromatic carbocycles. The number of aromatic nitrogens is 3. The molecule has 1 heterocycles. The summed E-state index contributed by atoms with van der Waals surface area (Å²) in [6, 6.07) is 0.309. The summed E-state index contributed by atoms with van der Waals surface area (Å²) in [6.45, 7) is 0.878. The molecular formula is C7H12N4O. The first-order chi connectivity index (χ1) is 5.86. The highest BCUT2D eigenvalue weighted by molar-refractivity contribution is 4.97. The Labute approximate surface area is 71.2 Å². The Kier molecular flexibility index (Phi) is 3.40. The smallest absolute Gasteiger partial charge is 0.335 e. The van der Waals surface area contributed by atoms with Gasteiger partial charge >= 0.3 is 6.01 Å². The van der Waals surface area contributed by atoms with Crippen LogP contribution in [0.2, 0.25) is 0 Å². The van der Waals surface area contributed by atoms with E-state index in [0.29, 0.717) is 6.01 Å². The highest BCUT2D eigenvalue weighted by atomic mass is 16.5. The average Bonchev–Trinajstić information content (AvgIpc) is 2.15. The van der Waals surface area contributed by atoms with E-state index in [0.717, 1.165) is 18.7 Å². The molecule has 66 valence electrons. The Bertz CT molecular complexity index is 223. The van der Waals surface area contributed by atoms with Gasteiger partial charge in [0, 0.05) is 13.0 Å². The van der Waals surface area contributed by atoms with Crippen LogP contribution in [0.25, 0.3) is 0 Å². The zero-order valence-electron chi connectivity index (χ0n) is 7.24. The summed E-state index contributed by atoms with van der Waals surface area (Å²) in [5.41, 5.74) is 0.866. The van der Waals surface area contributed by atoms with Crippen LogP contribution in [-0.4, -0.2) is 35.9 Å². The van der Waals surface area contributed by atoms with Crippen molar-refractivity contribution >= 4 is 0 Å². The minimum absolute atomic E-state index is 0.309. The van der Waals surface area contributed by atoms with Crippen molar-refractivity contribution in [2.45, 2.75) is 6.42 Å². The maximum atomic E-state index is 4.77. The molecule has 0 amide bonds. The topological polar surface area (TPSA) is 59.9 Å². The standard InChI is InChI=1S/C7H12N4O/c1-8-4-3-6-5-9-7(12-2)11-10-6/h5,8H,3-4H2,1-2H3. The van der Waals surface area contributed by atoms with Crippen molar-refractivity contribution in [3.8, 4) is 6.01 Å². The van der Waals surface area contributed by atoms with Gasteiger partial charge in [-0.25, -0.2) is 4.98 Å². The van der Waals surface area contributed by atoms with Crippen molar-refractivity contribution in [3.63, 3.8) is 0 Å². The van der Waals surface area contributed by atoms with E-state index in [1.165, 1.54) is 7.11 Å². The Morgan fingerprint density at radius 3 is 2.83 bits per heavy atom. The van der Waals surface area contributed by atoms with Crippen molar-refractivity contribution in [1.29, 1.82) is 0 Å². The third-order valence-corrected chi connectivity index (χ3v) is 1.40. The van der Waals surface area contributed by atoms with Gasteiger partial charge in [0.2, 0.25) is 0 Å². The van der Waals surface area contributed by atoms with E-state index in [2.05, 4.69) is 20.5 Å². The van der Waals surface area contributed by atoms with Crippen molar-refractivity contribution < 1.29 is 4.74 Å². The lowest BCUT2D eigenvalue weighted by Gasteiger charge is -1.98. The lowest BCUT2D eigenvalue weighted by atomic mass is 10.3. The van der Waals surface area contributed by atoms with Gasteiger partial charge in [-0.15, -0.1) is 5.10 Å². The third-order valence-electron chi connectivity index (χ3n) is 1.40. The number of methoxy groups -OCH3 is 1. The molecule has 0 aliphatic carbocycles. The molecule has 1 rings (SSSR count). The fourth-order valence-corrected chi connectivity index (χ4v) is 0.750. The molecule has 5 nitrogen and oxygen atoms in total. The Morgan fingerprint density at radius 2 is 2.33 bits per heavy atom. The van der Waals surface area contributed by atoms with Gasteiger partial charge in [-0.3, -0.25) is 0 Å². The van der Waals surface area contributed by atoms with Gasteiger partial charge in [-0.1, -0.05) is 5.10 Å². The van der Waals surface area contributed by atoms with E-state index < -0.39 is 0 Å². The highest BCUT2D eigenvalue weighted by Crippen LogP contribution is 1.97. The molecular weight excluding hydrogens is 156 g/mol. The summed E-state index contributed by atoms with van der Waals surface area (Å²) >= 11 is 0. The van der Waals surface area contributed by atoms with Gasteiger partial charge in [0.05, 0.1) is 19.0 Å². The number of hydrogen-bond acceptors (Lipinski definition) is 5. The van der Waals surface area contributed by atoms with Gasteiger partial charge in [-0.2, -0.15) is 0 Å². The highest BCUT2D eigenvalue weighted by Gasteiger charge is 1.97. The molecule has 0 unspecified atom stereocenters. The molecule has 0 bridgehead atoms. The van der Waals surface area contributed by atoms with Crippen LogP contribution in [0.5, 0.6) is 6.01 Å². The summed E-state index contributed by atoms with van der Waals surface area (Å²) in [5, 5.41) is 10.7. The Morgan fingerprint density at radius 1 is 1.50 bits per heavy atom. The quantitative estimate of drug-likeness (QED) is 0.665. The summed E-state index contributed by atoms with van der Waals surface area (Å²) in [5.74, 6) is 0. The van der Waals surface area contributed by atoms with Crippen LogP contribution in [-0.2, 0) is 6.42 Å². The monoisotopic (exact) mass is 168 g/mol. The van der Waals surface area contributed by atoms with Gasteiger partial charge in [0.25, 0.3) is 0 Å². The minimum atomic E-state index is 0.309. The maximum Gasteiger partial charge on any atom is 0.335 e. The van der Waals surface area contributed by atoms with Crippen molar-refractivity contribution in [1.82, 2.24) is 20.5 Å². The predicted molar refractivity (Wildman–Crippen MR) is 44.0 cm³/mol. The second-order valence-corrected chi connectivity index (χ2v) is 2.29. The fraction of sp³-hybridized carbons (Fsp3) is 0.571. The van der Waals surface area contributed by atoms with Crippen LogP contribution in [0.3, 0.4) is 0 Å².